The first-order valence-electron chi connectivity index (χ1n) is 12.7. The summed E-state index contributed by atoms with van der Waals surface area (Å²) in [7, 11) is 0. The van der Waals surface area contributed by atoms with Crippen LogP contribution < -0.4 is 5.32 Å². The minimum absolute atomic E-state index is 0.111. The number of benzene rings is 3. The fourth-order valence-electron chi connectivity index (χ4n) is 3.92. The van der Waals surface area contributed by atoms with Crippen LogP contribution in [0.3, 0.4) is 0 Å². The summed E-state index contributed by atoms with van der Waals surface area (Å²) in [4.78, 5) is 37.3. The van der Waals surface area contributed by atoms with Gasteiger partial charge in [0.25, 0.3) is 0 Å². The number of nitrogens with zero attached hydrogens (tertiary/aromatic N) is 1. The number of para-hydroxylation sites is 1. The van der Waals surface area contributed by atoms with Crippen molar-refractivity contribution in [2.75, 3.05) is 38.2 Å². The molecule has 0 heterocycles. The Morgan fingerprint density at radius 1 is 0.872 bits per heavy atom. The number of aryl methyl sites for hydroxylation is 1. The summed E-state index contributed by atoms with van der Waals surface area (Å²) in [6.45, 7) is 6.74. The Morgan fingerprint density at radius 2 is 1.51 bits per heavy atom. The zero-order chi connectivity index (χ0) is 28.2. The highest BCUT2D eigenvalue weighted by atomic mass is 35.5. The highest BCUT2D eigenvalue weighted by molar-refractivity contribution is 6.35. The van der Waals surface area contributed by atoms with Crippen LogP contribution in [0.25, 0.3) is 6.08 Å². The average Bonchev–Trinajstić information content (AvgIpc) is 2.89. The third kappa shape index (κ3) is 9.39. The molecule has 0 spiro atoms. The van der Waals surface area contributed by atoms with E-state index in [1.165, 1.54) is 13.8 Å². The molecule has 3 aromatic rings. The Kier molecular flexibility index (Phi) is 11.3. The van der Waals surface area contributed by atoms with Gasteiger partial charge in [0, 0.05) is 56.0 Å². The number of rotatable bonds is 13. The summed E-state index contributed by atoms with van der Waals surface area (Å²) >= 11 is 6.53. The van der Waals surface area contributed by atoms with Gasteiger partial charge in [0.1, 0.15) is 13.2 Å². The van der Waals surface area contributed by atoms with Crippen molar-refractivity contribution in [3.63, 3.8) is 0 Å². The highest BCUT2D eigenvalue weighted by Crippen LogP contribution is 2.28. The van der Waals surface area contributed by atoms with Gasteiger partial charge in [0.2, 0.25) is 0 Å². The van der Waals surface area contributed by atoms with Gasteiger partial charge in [-0.1, -0.05) is 66.2 Å². The number of hydrogen-bond acceptors (Lipinski definition) is 7. The molecule has 8 heteroatoms. The molecule has 0 saturated carbocycles. The Labute approximate surface area is 234 Å². The number of ether oxygens (including phenoxy) is 2. The van der Waals surface area contributed by atoms with E-state index in [0.717, 1.165) is 22.5 Å². The molecule has 0 aliphatic rings. The van der Waals surface area contributed by atoms with Crippen molar-refractivity contribution in [1.82, 2.24) is 4.90 Å². The van der Waals surface area contributed by atoms with E-state index in [2.05, 4.69) is 5.32 Å². The van der Waals surface area contributed by atoms with Crippen molar-refractivity contribution in [2.45, 2.75) is 20.8 Å². The molecule has 0 radical (unpaired) electrons. The summed E-state index contributed by atoms with van der Waals surface area (Å²) in [6, 6.07) is 20.6. The summed E-state index contributed by atoms with van der Waals surface area (Å²) in [5.41, 5.74) is 4.56. The zero-order valence-corrected chi connectivity index (χ0v) is 23.2. The molecule has 0 bridgehead atoms. The third-order valence-corrected chi connectivity index (χ3v) is 6.24. The Morgan fingerprint density at radius 3 is 2.15 bits per heavy atom. The lowest BCUT2D eigenvalue weighted by Gasteiger charge is -2.20. The van der Waals surface area contributed by atoms with Crippen LogP contribution in [0.5, 0.6) is 0 Å². The molecule has 0 aromatic heterocycles. The quantitative estimate of drug-likeness (QED) is 0.205. The summed E-state index contributed by atoms with van der Waals surface area (Å²) < 4.78 is 10.1. The Balaban J connectivity index is 1.69. The topological polar surface area (TPSA) is 84.9 Å². The van der Waals surface area contributed by atoms with Crippen molar-refractivity contribution in [1.29, 1.82) is 0 Å². The lowest BCUT2D eigenvalue weighted by molar-refractivity contribution is -0.141. The second-order valence-electron chi connectivity index (χ2n) is 8.93. The minimum atomic E-state index is -0.335. The van der Waals surface area contributed by atoms with Crippen molar-refractivity contribution in [2.24, 2.45) is 0 Å². The molecule has 1 N–H and O–H groups in total. The van der Waals surface area contributed by atoms with E-state index < -0.39 is 0 Å². The summed E-state index contributed by atoms with van der Waals surface area (Å²) in [6.07, 6.45) is 3.99. The van der Waals surface area contributed by atoms with Gasteiger partial charge in [-0.2, -0.15) is 0 Å². The second kappa shape index (κ2) is 14.9. The molecule has 204 valence electrons. The van der Waals surface area contributed by atoms with Crippen molar-refractivity contribution < 1.29 is 23.9 Å². The van der Waals surface area contributed by atoms with Gasteiger partial charge in [0.05, 0.1) is 5.02 Å². The average molecular weight is 549 g/mol. The number of hydrogen-bond donors (Lipinski definition) is 1. The van der Waals surface area contributed by atoms with Gasteiger partial charge in [-0.05, 0) is 42.3 Å². The van der Waals surface area contributed by atoms with E-state index in [1.807, 2.05) is 72.5 Å². The SMILES string of the molecule is CC(=O)OCCN(CC=Cc1ccccc1Nc1ccc(C(=O)c2ccccc2C)c(Cl)c1)CCOC(C)=O. The maximum absolute atomic E-state index is 13.0. The van der Waals surface area contributed by atoms with Crippen molar-refractivity contribution in [3.05, 3.63) is 100 Å². The van der Waals surface area contributed by atoms with Crippen LogP contribution in [0, 0.1) is 6.92 Å². The normalized spacial score (nSPS) is 11.0. The molecule has 39 heavy (non-hydrogen) atoms. The Bertz CT molecular complexity index is 1320. The van der Waals surface area contributed by atoms with Crippen LogP contribution in [0.15, 0.2) is 72.8 Å². The standard InChI is InChI=1S/C31H33ClN2O5/c1-22-9-4-6-12-27(22)31(37)28-15-14-26(21-29(28)32)33-30-13-7-5-10-25(30)11-8-16-34(17-19-38-23(2)35)18-20-39-24(3)36/h4-15,21,33H,16-20H2,1-3H3. The fraction of sp³-hybridized carbons (Fsp3) is 0.258. The number of nitrogens with one attached hydrogen (secondary N) is 1. The largest absolute Gasteiger partial charge is 0.465 e. The first kappa shape index (κ1) is 29.6. The lowest BCUT2D eigenvalue weighted by atomic mass is 9.99. The van der Waals surface area contributed by atoms with Crippen LogP contribution in [0.4, 0.5) is 11.4 Å². The van der Waals surface area contributed by atoms with E-state index in [1.54, 1.807) is 18.2 Å². The fourth-order valence-corrected chi connectivity index (χ4v) is 4.19. The van der Waals surface area contributed by atoms with Gasteiger partial charge in [0.15, 0.2) is 5.78 Å². The van der Waals surface area contributed by atoms with Gasteiger partial charge in [-0.3, -0.25) is 19.3 Å². The number of ketones is 1. The monoisotopic (exact) mass is 548 g/mol. The smallest absolute Gasteiger partial charge is 0.302 e. The van der Waals surface area contributed by atoms with E-state index in [-0.39, 0.29) is 30.9 Å². The maximum atomic E-state index is 13.0. The van der Waals surface area contributed by atoms with E-state index >= 15 is 0 Å². The van der Waals surface area contributed by atoms with E-state index in [0.29, 0.717) is 35.8 Å². The van der Waals surface area contributed by atoms with E-state index in [4.69, 9.17) is 21.1 Å². The minimum Gasteiger partial charge on any atom is -0.465 e. The first-order chi connectivity index (χ1) is 18.7. The predicted octanol–water partition coefficient (Wildman–Crippen LogP) is 6.06. The number of carbonyl (C=O) groups is 3. The van der Waals surface area contributed by atoms with Crippen LogP contribution in [-0.4, -0.2) is 55.5 Å². The molecule has 0 aliphatic heterocycles. The molecule has 3 aromatic carbocycles. The summed E-state index contributed by atoms with van der Waals surface area (Å²) in [5, 5.41) is 3.76. The van der Waals surface area contributed by atoms with Crippen LogP contribution in [-0.2, 0) is 19.1 Å². The highest BCUT2D eigenvalue weighted by Gasteiger charge is 2.15. The number of esters is 2. The Hall–Kier alpha value is -3.94. The molecule has 3 rings (SSSR count). The lowest BCUT2D eigenvalue weighted by Crippen LogP contribution is -2.32. The van der Waals surface area contributed by atoms with Gasteiger partial charge in [-0.25, -0.2) is 0 Å². The predicted molar refractivity (Wildman–Crippen MR) is 155 cm³/mol. The van der Waals surface area contributed by atoms with Gasteiger partial charge >= 0.3 is 11.9 Å². The zero-order valence-electron chi connectivity index (χ0n) is 22.4. The molecule has 0 saturated heterocycles. The van der Waals surface area contributed by atoms with Gasteiger partial charge < -0.3 is 14.8 Å². The molecule has 0 amide bonds. The molecular weight excluding hydrogens is 516 g/mol. The van der Waals surface area contributed by atoms with Crippen LogP contribution in [0.2, 0.25) is 5.02 Å². The molecular formula is C31H33ClN2O5. The third-order valence-electron chi connectivity index (χ3n) is 5.93. The van der Waals surface area contributed by atoms with Crippen molar-refractivity contribution >= 4 is 46.8 Å². The summed E-state index contributed by atoms with van der Waals surface area (Å²) in [5.74, 6) is -0.781. The van der Waals surface area contributed by atoms with Crippen molar-refractivity contribution in [3.8, 4) is 0 Å². The molecule has 0 atom stereocenters. The maximum Gasteiger partial charge on any atom is 0.302 e. The number of carbonyl (C=O) groups excluding carboxylic acids is 3. The second-order valence-corrected chi connectivity index (χ2v) is 9.34. The van der Waals surface area contributed by atoms with Crippen LogP contribution in [0.1, 0.15) is 40.9 Å². The number of halogens is 1. The first-order valence-corrected chi connectivity index (χ1v) is 13.0. The molecule has 0 aliphatic carbocycles. The molecule has 0 fully saturated rings. The molecule has 7 nitrogen and oxygen atoms in total. The van der Waals surface area contributed by atoms with E-state index in [9.17, 15) is 14.4 Å². The number of anilines is 2. The molecule has 0 unspecified atom stereocenters. The van der Waals surface area contributed by atoms with Gasteiger partial charge in [-0.15, -0.1) is 0 Å². The van der Waals surface area contributed by atoms with Crippen LogP contribution >= 0.6 is 11.6 Å².